The maximum absolute atomic E-state index is 13.8. The fourth-order valence-corrected chi connectivity index (χ4v) is 15.8. The van der Waals surface area contributed by atoms with Gasteiger partial charge in [0.05, 0.1) is 48.0 Å². The first-order valence-corrected chi connectivity index (χ1v) is 42.2. The molecule has 6 aromatic carbocycles. The molecule has 5 N–H and O–H groups in total. The number of benzene rings is 6. The Labute approximate surface area is 767 Å². The van der Waals surface area contributed by atoms with E-state index in [0.29, 0.717) is 39.3 Å². The Hall–Kier alpha value is -16.0. The van der Waals surface area contributed by atoms with Crippen molar-refractivity contribution in [1.82, 2.24) is 93.4 Å². The van der Waals surface area contributed by atoms with Gasteiger partial charge < -0.3 is 58.9 Å². The average molecular weight is 1950 g/mol. The molecule has 0 radical (unpaired) electrons. The van der Waals surface area contributed by atoms with Crippen LogP contribution in [0.2, 0.25) is 5.02 Å². The summed E-state index contributed by atoms with van der Waals surface area (Å²) in [6, 6.07) is 39.9. The minimum Gasteiger partial charge on any atom is -0.448 e. The molecule has 1 aliphatic carbocycles. The maximum Gasteiger partial charge on any atom is 0.332 e. The van der Waals surface area contributed by atoms with Crippen LogP contribution in [0.4, 0.5) is 32.8 Å². The van der Waals surface area contributed by atoms with Crippen LogP contribution in [0.1, 0.15) is 36.8 Å². The number of rotatable bonds is 16. The van der Waals surface area contributed by atoms with Gasteiger partial charge in [0.25, 0.3) is 33.6 Å². The molecule has 0 bridgehead atoms. The van der Waals surface area contributed by atoms with Crippen LogP contribution in [0.15, 0.2) is 213 Å². The molecule has 133 heavy (non-hydrogen) atoms. The molecule has 1 fully saturated rings. The number of nitrogens with one attached hydrogen (secondary N) is 5. The highest BCUT2D eigenvalue weighted by molar-refractivity contribution is 14.1. The first-order valence-electron chi connectivity index (χ1n) is 40.8. The van der Waals surface area contributed by atoms with Gasteiger partial charge in [-0.1, -0.05) is 72.3 Å². The number of hydrogen-bond acceptors (Lipinski definition) is 22. The van der Waals surface area contributed by atoms with E-state index in [1.165, 1.54) is 160 Å². The Balaban J connectivity index is 0.000000134. The van der Waals surface area contributed by atoms with Crippen LogP contribution in [0, 0.1) is 23.2 Å². The van der Waals surface area contributed by atoms with Crippen molar-refractivity contribution in [2.75, 3.05) is 26.6 Å². The lowest BCUT2D eigenvalue weighted by Gasteiger charge is -2.21. The second-order valence-electron chi connectivity index (χ2n) is 31.4. The van der Waals surface area contributed by atoms with Crippen LogP contribution in [-0.4, -0.2) is 129 Å². The molecule has 2 aliphatic rings. The molecule has 1 spiro atoms. The zero-order chi connectivity index (χ0) is 95.6. The number of carbonyl (C=O) groups is 5. The summed E-state index contributed by atoms with van der Waals surface area (Å²) in [7, 11) is 14.5. The molecule has 5 amide bonds. The van der Waals surface area contributed by atoms with E-state index < -0.39 is 73.8 Å². The van der Waals surface area contributed by atoms with Crippen LogP contribution in [0.3, 0.4) is 0 Å². The van der Waals surface area contributed by atoms with Crippen molar-refractivity contribution in [1.29, 1.82) is 0 Å². The number of carbonyl (C=O) groups excluding carboxylic acids is 5. The van der Waals surface area contributed by atoms with Crippen LogP contribution in [-0.2, 0) is 127 Å². The summed E-state index contributed by atoms with van der Waals surface area (Å²) in [5.74, 6) is -1.59. The minimum absolute atomic E-state index is 0.0559. The van der Waals surface area contributed by atoms with Gasteiger partial charge in [-0.25, -0.2) is 53.3 Å². The topological polar surface area (TPSA) is 473 Å². The number of ether oxygens (including phenoxy) is 2. The largest absolute Gasteiger partial charge is 0.448 e. The van der Waals surface area contributed by atoms with Crippen molar-refractivity contribution in [3.63, 3.8) is 0 Å². The molecule has 1 saturated carbocycles. The lowest BCUT2D eigenvalue weighted by molar-refractivity contribution is -0.117. The highest BCUT2D eigenvalue weighted by atomic mass is 127. The van der Waals surface area contributed by atoms with Crippen molar-refractivity contribution in [3.05, 3.63) is 295 Å². The summed E-state index contributed by atoms with van der Waals surface area (Å²) in [6.45, 7) is 2.98. The van der Waals surface area contributed by atoms with Crippen LogP contribution < -0.4 is 92.3 Å². The molecule has 18 rings (SSSR count). The third kappa shape index (κ3) is 19.4. The third-order valence-corrected chi connectivity index (χ3v) is 23.0. The van der Waals surface area contributed by atoms with E-state index in [4.69, 9.17) is 21.1 Å². The van der Waals surface area contributed by atoms with Crippen LogP contribution >= 0.6 is 34.2 Å². The SMILES string of the molecule is Cc1ccc(NC(=O)Cn2cnc3c2c(=O)n(C)c(=O)n3C)c(Cl)c1.Cc1ccc(NC(=O)Cn2cnc3c2c(=O)n(C)c(=O)n3C)c(F)c1.Cn1c(=O)c2c(ncn2CC(=O)Nc2ccc(-c3ccccc3)cc2)n(C)c1=O.Cn1c(=O)c2c(ncn2CC(=O)Nc2ccc3c(c2)OC2(CCCC2)O3)n(C)c1=O.Cn1c(=O)c2c(ncn2CC(=O)Nc2cccc(I)c2)n(C)c1=O. The van der Waals surface area contributed by atoms with Crippen molar-refractivity contribution in [3.8, 4) is 22.6 Å². The summed E-state index contributed by atoms with van der Waals surface area (Å²) in [5, 5.41) is 14.0. The molecule has 686 valence electrons. The zero-order valence-corrected chi connectivity index (χ0v) is 76.4. The number of halogens is 3. The first kappa shape index (κ1) is 93.1. The van der Waals surface area contributed by atoms with E-state index in [2.05, 4.69) is 74.1 Å². The van der Waals surface area contributed by atoms with Crippen LogP contribution in [0.5, 0.6) is 11.5 Å². The number of hydrogen-bond donors (Lipinski definition) is 5. The summed E-state index contributed by atoms with van der Waals surface area (Å²) in [6.07, 6.45) is 10.7. The number of amides is 5. The number of imidazole rings is 5. The van der Waals surface area contributed by atoms with Gasteiger partial charge in [-0.3, -0.25) is 93.6 Å². The van der Waals surface area contributed by atoms with E-state index in [-0.39, 0.29) is 118 Å². The van der Waals surface area contributed by atoms with Crippen molar-refractivity contribution in [2.45, 2.75) is 78.0 Å². The molecule has 0 unspecified atom stereocenters. The van der Waals surface area contributed by atoms with Crippen molar-refractivity contribution >= 4 is 148 Å². The minimum atomic E-state index is -0.559. The first-order chi connectivity index (χ1) is 63.3. The van der Waals surface area contributed by atoms with Gasteiger partial charge in [0.2, 0.25) is 29.5 Å². The molecular weight excluding hydrogens is 1860 g/mol. The van der Waals surface area contributed by atoms with E-state index in [9.17, 15) is 76.3 Å². The van der Waals surface area contributed by atoms with Gasteiger partial charge in [-0.2, -0.15) is 0 Å². The Morgan fingerprint density at radius 1 is 0.361 bits per heavy atom. The monoisotopic (exact) mass is 1950 g/mol. The summed E-state index contributed by atoms with van der Waals surface area (Å²) in [5.41, 5.74) is 3.52. The fraction of sp³-hybridized carbons (Fsp3) is 0.250. The van der Waals surface area contributed by atoms with Gasteiger partial charge in [-0.05, 0) is 138 Å². The summed E-state index contributed by atoms with van der Waals surface area (Å²) in [4.78, 5) is 204. The average Bonchev–Trinajstić information content (AvgIpc) is 1.65. The predicted molar refractivity (Wildman–Crippen MR) is 501 cm³/mol. The van der Waals surface area contributed by atoms with Gasteiger partial charge in [0, 0.05) is 110 Å². The van der Waals surface area contributed by atoms with E-state index in [0.717, 1.165) is 74.3 Å². The highest BCUT2D eigenvalue weighted by Crippen LogP contribution is 2.47. The summed E-state index contributed by atoms with van der Waals surface area (Å²) < 4.78 is 45.2. The molecule has 1 aliphatic heterocycles. The van der Waals surface area contributed by atoms with Gasteiger partial charge >= 0.3 is 28.4 Å². The second kappa shape index (κ2) is 38.3. The molecule has 42 nitrogen and oxygen atoms in total. The van der Waals surface area contributed by atoms with E-state index in [1.54, 1.807) is 49.4 Å². The van der Waals surface area contributed by atoms with Gasteiger partial charge in [0.15, 0.2) is 67.3 Å². The number of fused-ring (bicyclic) bond motifs is 6. The molecule has 16 aromatic rings. The quantitative estimate of drug-likeness (QED) is 0.0787. The normalized spacial score (nSPS) is 12.2. The van der Waals surface area contributed by atoms with Crippen molar-refractivity contribution in [2.24, 2.45) is 70.5 Å². The fourth-order valence-electron chi connectivity index (χ4n) is 15.0. The standard InChI is InChI=1S/C21H19N5O3.C20H21N5O5.C16H16ClN5O3.C16H16FN5O3.C15H14IN5O3/c1-24-19-18(20(28)25(2)21(24)29)26(13-22-19)12-17(27)23-16-10-8-15(9-11-16)14-6-4-3-5-7-14;1-23-17-16(18(27)24(2)19(23)28)25(11-21-17)10-15(26)22-12-5-6-13-14(9-12)30-20(29-13)7-3-4-8-20;2*1-9-4-5-11(10(17)6-9)19-12(23)7-22-8-18-14-13(22)15(24)21(3)16(25)20(14)2;1-19-13-12(14(23)20(2)15(19)24)21(8-17-13)7-11(22)18-10-5-3-4-9(16)6-10/h3-11,13H,12H2,1-2H3,(H,23,27);5-6,9,11H,3-4,7-8,10H2,1-2H3,(H,22,26);2*4-6,8H,7H2,1-3H3,(H,19,23);3-6,8H,7H2,1-2H3,(H,18,22). The number of nitrogens with zero attached hydrogens (tertiary/aromatic N) is 20. The number of anilines is 5. The molecular formula is C88H86ClFIN25O17. The Kier molecular flexibility index (Phi) is 26.8. The predicted octanol–water partition coefficient (Wildman–Crippen LogP) is 5.08. The van der Waals surface area contributed by atoms with Gasteiger partial charge in [-0.15, -0.1) is 0 Å². The number of aromatic nitrogens is 20. The zero-order valence-electron chi connectivity index (χ0n) is 73.5. The van der Waals surface area contributed by atoms with E-state index >= 15 is 0 Å². The smallest absolute Gasteiger partial charge is 0.332 e. The Morgan fingerprint density at radius 2 is 0.684 bits per heavy atom. The molecule has 0 atom stereocenters. The lowest BCUT2D eigenvalue weighted by atomic mass is 10.1. The van der Waals surface area contributed by atoms with Crippen molar-refractivity contribution < 1.29 is 37.8 Å². The Morgan fingerprint density at radius 3 is 1.05 bits per heavy atom. The molecule has 45 heteroatoms. The molecule has 11 heterocycles. The highest BCUT2D eigenvalue weighted by Gasteiger charge is 2.44. The van der Waals surface area contributed by atoms with Gasteiger partial charge in [0.1, 0.15) is 38.5 Å². The third-order valence-electron chi connectivity index (χ3n) is 22.0. The molecule has 0 saturated heterocycles. The second-order valence-corrected chi connectivity index (χ2v) is 33.0. The Bertz CT molecular complexity index is 7890. The molecule has 10 aromatic heterocycles. The maximum atomic E-state index is 13.8. The number of aryl methyl sites for hydroxylation is 7. The lowest BCUT2D eigenvalue weighted by Crippen LogP contribution is -2.37. The summed E-state index contributed by atoms with van der Waals surface area (Å²) >= 11 is 8.27. The van der Waals surface area contributed by atoms with E-state index in [1.807, 2.05) is 85.8 Å². The van der Waals surface area contributed by atoms with Crippen LogP contribution in [0.25, 0.3) is 66.9 Å².